The van der Waals surface area contributed by atoms with Crippen molar-refractivity contribution in [2.24, 2.45) is 0 Å². The Bertz CT molecular complexity index is 388. The molecule has 0 aliphatic heterocycles. The Labute approximate surface area is 193 Å². The van der Waals surface area contributed by atoms with Crippen LogP contribution < -0.4 is 0 Å². The Morgan fingerprint density at radius 1 is 0.516 bits per heavy atom. The first-order valence-electron chi connectivity index (χ1n) is 12.9. The standard InChI is InChI=1S/C24H52NO.H3O4P/c1-4-5-6-7-8-9-10-11-12-13-14-15-16-17-18-19-20-21-22-23-24-25(2,3)26;1-5(2,3)4/h26H,4-24H2,1-3H3;(H3,1,2,3,4)/q+1;. The SMILES string of the molecule is CCCCCCCCCCCCCCCCCCCCCC[N+](C)(C)O.O=P(O)(O)O. The largest absolute Gasteiger partial charge is 0.466 e. The Kier molecular flexibility index (Phi) is 24.8. The lowest BCUT2D eigenvalue weighted by molar-refractivity contribution is -1.07. The van der Waals surface area contributed by atoms with Gasteiger partial charge in [0.1, 0.15) is 6.54 Å². The maximum atomic E-state index is 9.61. The normalized spacial score (nSPS) is 12.0. The van der Waals surface area contributed by atoms with Gasteiger partial charge < -0.3 is 14.7 Å². The fraction of sp³-hybridized carbons (Fsp3) is 1.00. The topological polar surface area (TPSA) is 98.0 Å². The van der Waals surface area contributed by atoms with E-state index < -0.39 is 7.82 Å². The highest BCUT2D eigenvalue weighted by atomic mass is 31.2. The van der Waals surface area contributed by atoms with Gasteiger partial charge in [-0.05, 0) is 12.8 Å². The molecule has 31 heavy (non-hydrogen) atoms. The second-order valence-corrected chi connectivity index (χ2v) is 10.6. The van der Waals surface area contributed by atoms with Gasteiger partial charge in [-0.2, -0.15) is 4.65 Å². The molecule has 0 bridgehead atoms. The number of unbranched alkanes of at least 4 members (excludes halogenated alkanes) is 19. The smallest absolute Gasteiger partial charge is 0.303 e. The van der Waals surface area contributed by atoms with E-state index in [1.54, 1.807) is 0 Å². The van der Waals surface area contributed by atoms with Gasteiger partial charge in [0.05, 0.1) is 14.1 Å². The summed E-state index contributed by atoms with van der Waals surface area (Å²) in [4.78, 5) is 21.6. The monoisotopic (exact) mass is 468 g/mol. The Morgan fingerprint density at radius 2 is 0.710 bits per heavy atom. The molecule has 0 amide bonds. The summed E-state index contributed by atoms with van der Waals surface area (Å²) in [6.45, 7) is 3.18. The molecule has 0 saturated heterocycles. The number of nitrogens with zero attached hydrogens (tertiary/aromatic N) is 1. The average Bonchev–Trinajstić information content (AvgIpc) is 2.64. The van der Waals surface area contributed by atoms with Crippen LogP contribution >= 0.6 is 7.82 Å². The van der Waals surface area contributed by atoms with E-state index in [1.165, 1.54) is 122 Å². The summed E-state index contributed by atoms with van der Waals surface area (Å²) < 4.78 is 9.01. The second kappa shape index (κ2) is 23.2. The molecule has 0 saturated carbocycles. The van der Waals surface area contributed by atoms with Gasteiger partial charge >= 0.3 is 7.82 Å². The van der Waals surface area contributed by atoms with Gasteiger partial charge in [0.2, 0.25) is 0 Å². The van der Waals surface area contributed by atoms with Crippen molar-refractivity contribution in [3.63, 3.8) is 0 Å². The second-order valence-electron chi connectivity index (χ2n) is 9.58. The van der Waals surface area contributed by atoms with Gasteiger partial charge in [0.15, 0.2) is 0 Å². The molecule has 7 heteroatoms. The fourth-order valence-electron chi connectivity index (χ4n) is 3.75. The number of rotatable bonds is 21. The fourth-order valence-corrected chi connectivity index (χ4v) is 3.75. The molecular formula is C24H55NO5P+. The molecule has 0 aromatic rings. The first-order valence-corrected chi connectivity index (χ1v) is 14.5. The van der Waals surface area contributed by atoms with Crippen LogP contribution in [0.5, 0.6) is 0 Å². The van der Waals surface area contributed by atoms with Crippen LogP contribution in [0.1, 0.15) is 135 Å². The zero-order valence-corrected chi connectivity index (χ0v) is 21.8. The Balaban J connectivity index is 0. The first kappa shape index (κ1) is 33.2. The zero-order valence-electron chi connectivity index (χ0n) is 20.9. The average molecular weight is 469 g/mol. The van der Waals surface area contributed by atoms with Crippen molar-refractivity contribution < 1.29 is 29.1 Å². The van der Waals surface area contributed by atoms with Crippen molar-refractivity contribution in [3.8, 4) is 0 Å². The summed E-state index contributed by atoms with van der Waals surface area (Å²) in [6.07, 6.45) is 28.4. The van der Waals surface area contributed by atoms with Gasteiger partial charge in [-0.1, -0.05) is 122 Å². The highest BCUT2D eigenvalue weighted by molar-refractivity contribution is 7.45. The summed E-state index contributed by atoms with van der Waals surface area (Å²) >= 11 is 0. The lowest BCUT2D eigenvalue weighted by Gasteiger charge is -2.18. The third kappa shape index (κ3) is 44.5. The summed E-state index contributed by atoms with van der Waals surface area (Å²) in [7, 11) is -0.925. The molecule has 0 unspecified atom stereocenters. The molecule has 0 aliphatic rings. The van der Waals surface area contributed by atoms with Crippen LogP contribution in [0.15, 0.2) is 0 Å². The van der Waals surface area contributed by atoms with Crippen LogP contribution in [0.2, 0.25) is 0 Å². The van der Waals surface area contributed by atoms with Crippen molar-refractivity contribution in [1.82, 2.24) is 0 Å². The van der Waals surface area contributed by atoms with E-state index in [0.717, 1.165) is 13.0 Å². The minimum Gasteiger partial charge on any atom is -0.303 e. The van der Waals surface area contributed by atoms with Gasteiger partial charge in [0.25, 0.3) is 0 Å². The molecular weight excluding hydrogens is 413 g/mol. The minimum absolute atomic E-state index is 0.124. The number of phosphoric acid groups is 1. The van der Waals surface area contributed by atoms with E-state index >= 15 is 0 Å². The quantitative estimate of drug-likeness (QED) is 0.0611. The number of hydrogen-bond donors (Lipinski definition) is 4. The summed E-state index contributed by atoms with van der Waals surface area (Å²) in [5.74, 6) is 0. The van der Waals surface area contributed by atoms with Crippen molar-refractivity contribution in [2.45, 2.75) is 135 Å². The minimum atomic E-state index is -4.64. The van der Waals surface area contributed by atoms with Crippen molar-refractivity contribution >= 4 is 7.82 Å². The molecule has 6 nitrogen and oxygen atoms in total. The number of hydroxylamine groups is 3. The molecule has 0 aliphatic carbocycles. The van der Waals surface area contributed by atoms with E-state index in [2.05, 4.69) is 6.92 Å². The highest BCUT2D eigenvalue weighted by Gasteiger charge is 2.08. The molecule has 0 radical (unpaired) electrons. The van der Waals surface area contributed by atoms with Gasteiger partial charge in [0, 0.05) is 0 Å². The zero-order chi connectivity index (χ0) is 23.8. The lowest BCUT2D eigenvalue weighted by atomic mass is 10.0. The molecule has 0 spiro atoms. The van der Waals surface area contributed by atoms with E-state index in [9.17, 15) is 5.21 Å². The molecule has 190 valence electrons. The summed E-state index contributed by atoms with van der Waals surface area (Å²) in [6, 6.07) is 0. The van der Waals surface area contributed by atoms with E-state index in [0.29, 0.717) is 0 Å². The predicted molar refractivity (Wildman–Crippen MR) is 131 cm³/mol. The summed E-state index contributed by atoms with van der Waals surface area (Å²) in [5, 5.41) is 9.61. The van der Waals surface area contributed by atoms with Crippen molar-refractivity contribution in [1.29, 1.82) is 0 Å². The third-order valence-corrected chi connectivity index (χ3v) is 5.56. The Hall–Kier alpha value is 0.0300. The first-order chi connectivity index (χ1) is 14.6. The van der Waals surface area contributed by atoms with Crippen LogP contribution in [0, 0.1) is 0 Å². The number of quaternary nitrogens is 1. The highest BCUT2D eigenvalue weighted by Crippen LogP contribution is 2.25. The van der Waals surface area contributed by atoms with Gasteiger partial charge in [-0.3, -0.25) is 0 Å². The maximum Gasteiger partial charge on any atom is 0.466 e. The van der Waals surface area contributed by atoms with Gasteiger partial charge in [-0.25, -0.2) is 9.77 Å². The predicted octanol–water partition coefficient (Wildman–Crippen LogP) is 7.35. The lowest BCUT2D eigenvalue weighted by Crippen LogP contribution is -2.36. The summed E-state index contributed by atoms with van der Waals surface area (Å²) in [5.41, 5.74) is 0. The van der Waals surface area contributed by atoms with Crippen LogP contribution in [-0.2, 0) is 4.57 Å². The molecule has 0 fully saturated rings. The van der Waals surface area contributed by atoms with Crippen LogP contribution in [0.4, 0.5) is 0 Å². The molecule has 0 rings (SSSR count). The molecule has 0 aromatic carbocycles. The van der Waals surface area contributed by atoms with Crippen molar-refractivity contribution in [2.75, 3.05) is 20.6 Å². The van der Waals surface area contributed by atoms with E-state index in [4.69, 9.17) is 19.2 Å². The Morgan fingerprint density at radius 3 is 0.903 bits per heavy atom. The maximum absolute atomic E-state index is 9.61. The van der Waals surface area contributed by atoms with Crippen molar-refractivity contribution in [3.05, 3.63) is 0 Å². The van der Waals surface area contributed by atoms with Crippen LogP contribution in [0.25, 0.3) is 0 Å². The third-order valence-electron chi connectivity index (χ3n) is 5.56. The van der Waals surface area contributed by atoms with Crippen LogP contribution in [-0.4, -0.2) is 45.2 Å². The molecule has 4 N–H and O–H groups in total. The molecule has 0 heterocycles. The van der Waals surface area contributed by atoms with E-state index in [1.807, 2.05) is 14.1 Å². The molecule has 0 atom stereocenters. The van der Waals surface area contributed by atoms with Gasteiger partial charge in [-0.15, -0.1) is 0 Å². The molecule has 0 aromatic heterocycles. The number of hydrogen-bond acceptors (Lipinski definition) is 2. The van der Waals surface area contributed by atoms with E-state index in [-0.39, 0.29) is 4.65 Å². The van der Waals surface area contributed by atoms with Crippen LogP contribution in [0.3, 0.4) is 0 Å².